The van der Waals surface area contributed by atoms with Gasteiger partial charge in [-0.3, -0.25) is 9.59 Å². The van der Waals surface area contributed by atoms with E-state index in [1.165, 1.54) is 11.8 Å². The lowest BCUT2D eigenvalue weighted by atomic mass is 10.1. The Bertz CT molecular complexity index is 1380. The van der Waals surface area contributed by atoms with Crippen LogP contribution < -0.4 is 10.6 Å². The highest BCUT2D eigenvalue weighted by atomic mass is 35.5. The molecule has 3 N–H and O–H groups in total. The number of halogens is 4. The number of benzene rings is 3. The van der Waals surface area contributed by atoms with Gasteiger partial charge in [0.25, 0.3) is 5.91 Å². The van der Waals surface area contributed by atoms with Gasteiger partial charge in [-0.2, -0.15) is 0 Å². The summed E-state index contributed by atoms with van der Waals surface area (Å²) >= 11 is 25.5. The van der Waals surface area contributed by atoms with Gasteiger partial charge in [-0.25, -0.2) is 4.79 Å². The van der Waals surface area contributed by atoms with Gasteiger partial charge < -0.3 is 15.7 Å². The Hall–Kier alpha value is -2.42. The van der Waals surface area contributed by atoms with E-state index in [4.69, 9.17) is 46.4 Å². The van der Waals surface area contributed by atoms with Gasteiger partial charge in [0, 0.05) is 16.3 Å². The van der Waals surface area contributed by atoms with Gasteiger partial charge in [-0.05, 0) is 56.2 Å². The molecule has 0 aliphatic heterocycles. The minimum Gasteiger partial charge on any atom is -0.478 e. The van der Waals surface area contributed by atoms with Crippen molar-refractivity contribution in [3.63, 3.8) is 0 Å². The Balaban J connectivity index is 1.79. The average molecular weight is 586 g/mol. The van der Waals surface area contributed by atoms with Crippen LogP contribution in [0, 0.1) is 13.8 Å². The Morgan fingerprint density at radius 1 is 0.861 bits per heavy atom. The second kappa shape index (κ2) is 11.8. The number of aryl methyl sites for hydroxylation is 1. The van der Waals surface area contributed by atoms with Gasteiger partial charge in [0.2, 0.25) is 5.91 Å². The molecule has 36 heavy (non-hydrogen) atoms. The molecule has 0 radical (unpaired) electrons. The fraction of sp³-hybridized carbons (Fsp3) is 0.160. The zero-order chi connectivity index (χ0) is 26.7. The van der Waals surface area contributed by atoms with E-state index in [1.807, 2.05) is 32.0 Å². The molecule has 0 aromatic heterocycles. The molecule has 0 bridgehead atoms. The number of hydrogen-bond donors (Lipinski definition) is 3. The molecule has 3 aromatic carbocycles. The highest BCUT2D eigenvalue weighted by molar-refractivity contribution is 8.00. The van der Waals surface area contributed by atoms with Crippen LogP contribution in [0.1, 0.15) is 38.8 Å². The Morgan fingerprint density at radius 2 is 1.47 bits per heavy atom. The van der Waals surface area contributed by atoms with Crippen molar-refractivity contribution in [2.45, 2.75) is 30.9 Å². The molecular formula is C25H20Cl4N2O4S. The average Bonchev–Trinajstić information content (AvgIpc) is 2.82. The zero-order valence-electron chi connectivity index (χ0n) is 19.2. The lowest BCUT2D eigenvalue weighted by Crippen LogP contribution is -2.23. The highest BCUT2D eigenvalue weighted by Gasteiger charge is 2.29. The van der Waals surface area contributed by atoms with E-state index in [0.717, 1.165) is 16.8 Å². The van der Waals surface area contributed by atoms with E-state index in [-0.39, 0.29) is 21.0 Å². The van der Waals surface area contributed by atoms with Crippen molar-refractivity contribution in [2.24, 2.45) is 0 Å². The number of anilines is 2. The van der Waals surface area contributed by atoms with E-state index in [1.54, 1.807) is 31.2 Å². The number of carbonyl (C=O) groups is 3. The predicted molar refractivity (Wildman–Crippen MR) is 148 cm³/mol. The molecule has 3 rings (SSSR count). The number of amides is 2. The van der Waals surface area contributed by atoms with E-state index in [2.05, 4.69) is 10.6 Å². The Labute approximate surface area is 232 Å². The topological polar surface area (TPSA) is 95.5 Å². The molecule has 2 amide bonds. The summed E-state index contributed by atoms with van der Waals surface area (Å²) < 4.78 is 0. The van der Waals surface area contributed by atoms with Crippen molar-refractivity contribution in [1.82, 2.24) is 0 Å². The zero-order valence-corrected chi connectivity index (χ0v) is 23.1. The number of hydrogen-bond acceptors (Lipinski definition) is 4. The maximum atomic E-state index is 13.0. The standard InChI is InChI=1S/C25H20Cl4N2O4S/c1-11-6-4-9-16(12(11)2)31-23(32)13(3)36-15-8-5-7-14(10-15)30-24(33)17-18(25(34)35)20(27)22(29)21(28)19(17)26/h4-10,13H,1-3H3,(H,30,33)(H,31,32)(H,34,35). The van der Waals surface area contributed by atoms with Crippen molar-refractivity contribution >= 4 is 87.3 Å². The summed E-state index contributed by atoms with van der Waals surface area (Å²) in [6.07, 6.45) is 0. The number of carboxylic acids is 1. The van der Waals surface area contributed by atoms with Gasteiger partial charge >= 0.3 is 5.97 Å². The van der Waals surface area contributed by atoms with Crippen LogP contribution in [0.5, 0.6) is 0 Å². The molecule has 0 saturated heterocycles. The van der Waals surface area contributed by atoms with Crippen molar-refractivity contribution in [3.8, 4) is 0 Å². The molecule has 1 unspecified atom stereocenters. The summed E-state index contributed by atoms with van der Waals surface area (Å²) in [7, 11) is 0. The molecule has 3 aromatic rings. The number of carbonyl (C=O) groups excluding carboxylic acids is 2. The molecular weight excluding hydrogens is 566 g/mol. The molecule has 11 heteroatoms. The molecule has 0 fully saturated rings. The van der Waals surface area contributed by atoms with Gasteiger partial charge in [0.05, 0.1) is 36.5 Å². The van der Waals surface area contributed by atoms with E-state index in [9.17, 15) is 19.5 Å². The van der Waals surface area contributed by atoms with Crippen molar-refractivity contribution in [2.75, 3.05) is 10.6 Å². The second-order valence-corrected chi connectivity index (χ2v) is 10.7. The van der Waals surface area contributed by atoms with Gasteiger partial charge in [0.15, 0.2) is 0 Å². The summed E-state index contributed by atoms with van der Waals surface area (Å²) in [5.41, 5.74) is 2.20. The summed E-state index contributed by atoms with van der Waals surface area (Å²) in [6, 6.07) is 12.4. The van der Waals surface area contributed by atoms with Crippen LogP contribution in [0.15, 0.2) is 47.4 Å². The lowest BCUT2D eigenvalue weighted by Gasteiger charge is -2.16. The first-order valence-corrected chi connectivity index (χ1v) is 12.9. The number of rotatable bonds is 7. The summed E-state index contributed by atoms with van der Waals surface area (Å²) in [5, 5.41) is 13.5. The quantitative estimate of drug-likeness (QED) is 0.148. The fourth-order valence-corrected chi connectivity index (χ4v) is 5.21. The van der Waals surface area contributed by atoms with Crippen LogP contribution in [0.25, 0.3) is 0 Å². The molecule has 0 heterocycles. The van der Waals surface area contributed by atoms with E-state index >= 15 is 0 Å². The molecule has 6 nitrogen and oxygen atoms in total. The van der Waals surface area contributed by atoms with Gasteiger partial charge in [-0.15, -0.1) is 11.8 Å². The first-order valence-electron chi connectivity index (χ1n) is 10.5. The minimum atomic E-state index is -1.49. The third-order valence-corrected chi connectivity index (χ3v) is 8.24. The maximum Gasteiger partial charge on any atom is 0.338 e. The van der Waals surface area contributed by atoms with Crippen LogP contribution >= 0.6 is 58.2 Å². The first kappa shape index (κ1) is 28.2. The summed E-state index contributed by atoms with van der Waals surface area (Å²) in [4.78, 5) is 38.2. The van der Waals surface area contributed by atoms with Crippen molar-refractivity contribution in [1.29, 1.82) is 0 Å². The SMILES string of the molecule is Cc1cccc(NC(=O)C(C)Sc2cccc(NC(=O)c3c(Cl)c(Cl)c(Cl)c(Cl)c3C(=O)O)c2)c1C. The van der Waals surface area contributed by atoms with Gasteiger partial charge in [-0.1, -0.05) is 64.6 Å². The smallest absolute Gasteiger partial charge is 0.338 e. The maximum absolute atomic E-state index is 13.0. The van der Waals surface area contributed by atoms with Crippen LogP contribution in [0.2, 0.25) is 20.1 Å². The molecule has 0 spiro atoms. The lowest BCUT2D eigenvalue weighted by molar-refractivity contribution is -0.115. The summed E-state index contributed by atoms with van der Waals surface area (Å²) in [6.45, 7) is 5.69. The molecule has 0 saturated carbocycles. The first-order chi connectivity index (χ1) is 16.9. The minimum absolute atomic E-state index is 0.175. The highest BCUT2D eigenvalue weighted by Crippen LogP contribution is 2.42. The van der Waals surface area contributed by atoms with Gasteiger partial charge in [0.1, 0.15) is 0 Å². The molecule has 1 atom stereocenters. The molecule has 0 aliphatic carbocycles. The normalized spacial score (nSPS) is 11.6. The van der Waals surface area contributed by atoms with Crippen molar-refractivity contribution < 1.29 is 19.5 Å². The van der Waals surface area contributed by atoms with Crippen LogP contribution in [-0.2, 0) is 4.79 Å². The number of nitrogens with one attached hydrogen (secondary N) is 2. The monoisotopic (exact) mass is 584 g/mol. The van der Waals surface area contributed by atoms with E-state index in [0.29, 0.717) is 10.6 Å². The molecule has 188 valence electrons. The third kappa shape index (κ3) is 6.10. The number of carboxylic acid groups (broad SMARTS) is 1. The summed E-state index contributed by atoms with van der Waals surface area (Å²) in [5.74, 6) is -2.49. The van der Waals surface area contributed by atoms with Crippen LogP contribution in [-0.4, -0.2) is 28.1 Å². The van der Waals surface area contributed by atoms with Crippen molar-refractivity contribution in [3.05, 3.63) is 84.8 Å². The Kier molecular flexibility index (Phi) is 9.19. The fourth-order valence-electron chi connectivity index (χ4n) is 3.26. The number of aromatic carboxylic acids is 1. The van der Waals surface area contributed by atoms with E-state index < -0.39 is 33.3 Å². The van der Waals surface area contributed by atoms with Crippen LogP contribution in [0.4, 0.5) is 11.4 Å². The third-order valence-electron chi connectivity index (χ3n) is 5.34. The Morgan fingerprint density at radius 3 is 2.11 bits per heavy atom. The van der Waals surface area contributed by atoms with Crippen LogP contribution in [0.3, 0.4) is 0 Å². The largest absolute Gasteiger partial charge is 0.478 e. The predicted octanol–water partition coefficient (Wildman–Crippen LogP) is 7.99. The second-order valence-electron chi connectivity index (χ2n) is 7.79. The molecule has 0 aliphatic rings. The number of thioether (sulfide) groups is 1.